The average molecular weight is 1510 g/mol. The molecule has 6 atom stereocenters. The number of carbonyl (C=O) groups excluding carboxylic acids is 4. The highest BCUT2D eigenvalue weighted by atomic mass is 31.2. The fraction of sp³-hybridized carbons (Fsp3) is 0.952. The Balaban J connectivity index is 5.23. The molecule has 0 fully saturated rings. The summed E-state index contributed by atoms with van der Waals surface area (Å²) >= 11 is 0. The van der Waals surface area contributed by atoms with Gasteiger partial charge in [0, 0.05) is 25.7 Å². The van der Waals surface area contributed by atoms with E-state index in [9.17, 15) is 43.2 Å². The van der Waals surface area contributed by atoms with Gasteiger partial charge in [-0.15, -0.1) is 0 Å². The largest absolute Gasteiger partial charge is 0.472 e. The Labute approximate surface area is 632 Å². The zero-order valence-corrected chi connectivity index (χ0v) is 69.6. The van der Waals surface area contributed by atoms with Crippen LogP contribution in [0.2, 0.25) is 0 Å². The smallest absolute Gasteiger partial charge is 0.462 e. The van der Waals surface area contributed by atoms with E-state index in [1.807, 2.05) is 0 Å². The van der Waals surface area contributed by atoms with Crippen molar-refractivity contribution >= 4 is 39.5 Å². The number of hydrogen-bond acceptors (Lipinski definition) is 15. The molecule has 0 saturated heterocycles. The van der Waals surface area contributed by atoms with E-state index in [2.05, 4.69) is 48.5 Å². The summed E-state index contributed by atoms with van der Waals surface area (Å²) in [5.74, 6) is 0.300. The zero-order valence-electron chi connectivity index (χ0n) is 67.8. The van der Waals surface area contributed by atoms with Crippen LogP contribution in [0.15, 0.2) is 0 Å². The van der Waals surface area contributed by atoms with Crippen LogP contribution in [-0.2, 0) is 65.4 Å². The third-order valence-electron chi connectivity index (χ3n) is 20.0. The topological polar surface area (TPSA) is 237 Å². The molecular formula is C84H164O17P2. The van der Waals surface area contributed by atoms with Gasteiger partial charge in [0.1, 0.15) is 19.3 Å². The Kier molecular flexibility index (Phi) is 72.8. The van der Waals surface area contributed by atoms with E-state index in [0.29, 0.717) is 25.7 Å². The van der Waals surface area contributed by atoms with Crippen molar-refractivity contribution in [2.75, 3.05) is 39.6 Å². The lowest BCUT2D eigenvalue weighted by molar-refractivity contribution is -0.161. The van der Waals surface area contributed by atoms with Crippen LogP contribution in [0.3, 0.4) is 0 Å². The van der Waals surface area contributed by atoms with Crippen molar-refractivity contribution < 1.29 is 80.2 Å². The SMILES string of the molecule is CCCCCCCCCCCCCCC(=O)OC[C@H](COP(=O)(O)OC[C@H](O)COP(=O)(O)OC[C@@H](COC(=O)CCCCCCCCCCCCCCCCC(C)C)OC(=O)CCCCCCCCCCCCCCCCCCCCC(C)CC)OC(=O)CCCCCCCCCCCC(C)C. The molecule has 0 saturated carbocycles. The van der Waals surface area contributed by atoms with Crippen LogP contribution in [0.5, 0.6) is 0 Å². The number of ether oxygens (including phenoxy) is 4. The third-order valence-corrected chi connectivity index (χ3v) is 21.9. The lowest BCUT2D eigenvalue weighted by Gasteiger charge is -2.21. The molecule has 0 aromatic rings. The number of carbonyl (C=O) groups is 4. The number of hydrogen-bond donors (Lipinski definition) is 3. The maximum Gasteiger partial charge on any atom is 0.472 e. The van der Waals surface area contributed by atoms with Crippen molar-refractivity contribution in [3.63, 3.8) is 0 Å². The molecule has 17 nitrogen and oxygen atoms in total. The predicted molar refractivity (Wildman–Crippen MR) is 423 cm³/mol. The molecule has 0 aliphatic heterocycles. The van der Waals surface area contributed by atoms with Crippen molar-refractivity contribution in [2.45, 2.75) is 458 Å². The fourth-order valence-electron chi connectivity index (χ4n) is 13.0. The number of esters is 4. The monoisotopic (exact) mass is 1510 g/mol. The van der Waals surface area contributed by atoms with Gasteiger partial charge in [0.05, 0.1) is 26.4 Å². The Morgan fingerprint density at radius 2 is 0.495 bits per heavy atom. The second-order valence-electron chi connectivity index (χ2n) is 31.4. The van der Waals surface area contributed by atoms with E-state index >= 15 is 0 Å². The van der Waals surface area contributed by atoms with E-state index in [4.69, 9.17) is 37.0 Å². The summed E-state index contributed by atoms with van der Waals surface area (Å²) in [6, 6.07) is 0. The molecule has 0 aliphatic rings. The van der Waals surface area contributed by atoms with Crippen LogP contribution in [0.1, 0.15) is 440 Å². The predicted octanol–water partition coefficient (Wildman–Crippen LogP) is 25.3. The Morgan fingerprint density at radius 3 is 0.738 bits per heavy atom. The molecule has 0 heterocycles. The maximum atomic E-state index is 13.1. The normalized spacial score (nSPS) is 14.2. The molecule has 0 rings (SSSR count). The summed E-state index contributed by atoms with van der Waals surface area (Å²) in [4.78, 5) is 73.1. The van der Waals surface area contributed by atoms with Gasteiger partial charge in [-0.25, -0.2) is 9.13 Å². The number of phosphoric ester groups is 2. The first-order valence-electron chi connectivity index (χ1n) is 43.4. The quantitative estimate of drug-likeness (QED) is 0.0222. The molecule has 3 unspecified atom stereocenters. The van der Waals surface area contributed by atoms with E-state index in [-0.39, 0.29) is 25.7 Å². The van der Waals surface area contributed by atoms with Gasteiger partial charge in [-0.1, -0.05) is 389 Å². The molecule has 103 heavy (non-hydrogen) atoms. The van der Waals surface area contributed by atoms with Crippen molar-refractivity contribution in [1.29, 1.82) is 0 Å². The van der Waals surface area contributed by atoms with Crippen molar-refractivity contribution in [1.82, 2.24) is 0 Å². The lowest BCUT2D eigenvalue weighted by atomic mass is 9.99. The summed E-state index contributed by atoms with van der Waals surface area (Å²) < 4.78 is 68.8. The van der Waals surface area contributed by atoms with Gasteiger partial charge in [-0.2, -0.15) is 0 Å². The van der Waals surface area contributed by atoms with Crippen LogP contribution in [-0.4, -0.2) is 96.7 Å². The van der Waals surface area contributed by atoms with Gasteiger partial charge < -0.3 is 33.8 Å². The van der Waals surface area contributed by atoms with Gasteiger partial charge in [0.2, 0.25) is 0 Å². The number of aliphatic hydroxyl groups excluding tert-OH is 1. The number of phosphoric acid groups is 2. The van der Waals surface area contributed by atoms with Crippen molar-refractivity contribution in [2.24, 2.45) is 17.8 Å². The highest BCUT2D eigenvalue weighted by Crippen LogP contribution is 2.45. The first-order valence-corrected chi connectivity index (χ1v) is 46.4. The number of unbranched alkanes of at least 4 members (excludes halogenated alkanes) is 49. The molecule has 0 aromatic heterocycles. The molecule has 19 heteroatoms. The van der Waals surface area contributed by atoms with Gasteiger partial charge in [0.25, 0.3) is 0 Å². The third kappa shape index (κ3) is 76.6. The molecule has 0 radical (unpaired) electrons. The first kappa shape index (κ1) is 101. The highest BCUT2D eigenvalue weighted by Gasteiger charge is 2.30. The molecule has 0 aromatic carbocycles. The minimum atomic E-state index is -4.96. The molecule has 0 bridgehead atoms. The van der Waals surface area contributed by atoms with Crippen LogP contribution in [0, 0.1) is 17.8 Å². The van der Waals surface area contributed by atoms with Gasteiger partial charge in [-0.05, 0) is 43.4 Å². The summed E-state index contributed by atoms with van der Waals surface area (Å²) in [6.45, 7) is 12.0. The lowest BCUT2D eigenvalue weighted by Crippen LogP contribution is -2.30. The van der Waals surface area contributed by atoms with Gasteiger partial charge >= 0.3 is 39.5 Å². The summed E-state index contributed by atoms with van der Waals surface area (Å²) in [5, 5.41) is 10.7. The summed E-state index contributed by atoms with van der Waals surface area (Å²) in [7, 11) is -9.92. The average Bonchev–Trinajstić information content (AvgIpc) is 0.907. The van der Waals surface area contributed by atoms with Crippen LogP contribution < -0.4 is 0 Å². The van der Waals surface area contributed by atoms with Crippen LogP contribution >= 0.6 is 15.6 Å². The molecule has 0 spiro atoms. The van der Waals surface area contributed by atoms with Crippen molar-refractivity contribution in [3.05, 3.63) is 0 Å². The Hall–Kier alpha value is -1.94. The fourth-order valence-corrected chi connectivity index (χ4v) is 14.6. The van der Waals surface area contributed by atoms with E-state index in [0.717, 1.165) is 108 Å². The first-order chi connectivity index (χ1) is 49.8. The standard InChI is InChI=1S/C84H164O17P2/c1-8-10-11-12-13-14-15-30-37-44-51-58-65-81(86)94-72-80(101-84(89)68-61-54-47-40-33-35-42-49-56-63-76(5)6)74-99-103(92,93)97-70-78(85)69-96-102(90,91)98-73-79(71-95-82(87)66-59-52-45-38-31-26-23-22-24-28-34-41-48-55-62-75(3)4)100-83(88)67-60-53-46-39-32-27-21-19-17-16-18-20-25-29-36-43-50-57-64-77(7)9-2/h75-80,85H,8-74H2,1-7H3,(H,90,91)(H,92,93)/t77?,78-,79-,80-/m1/s1. The Bertz CT molecular complexity index is 1990. The van der Waals surface area contributed by atoms with E-state index < -0.39 is 97.5 Å². The second kappa shape index (κ2) is 74.2. The number of rotatable bonds is 82. The van der Waals surface area contributed by atoms with Gasteiger partial charge in [-0.3, -0.25) is 37.3 Å². The molecule has 612 valence electrons. The van der Waals surface area contributed by atoms with Crippen molar-refractivity contribution in [3.8, 4) is 0 Å². The second-order valence-corrected chi connectivity index (χ2v) is 34.3. The highest BCUT2D eigenvalue weighted by molar-refractivity contribution is 7.47. The van der Waals surface area contributed by atoms with Crippen LogP contribution in [0.4, 0.5) is 0 Å². The zero-order chi connectivity index (χ0) is 75.8. The minimum Gasteiger partial charge on any atom is -0.462 e. The minimum absolute atomic E-state index is 0.106. The summed E-state index contributed by atoms with van der Waals surface area (Å²) in [5.41, 5.74) is 0. The Morgan fingerprint density at radius 1 is 0.282 bits per heavy atom. The summed E-state index contributed by atoms with van der Waals surface area (Å²) in [6.07, 6.45) is 63.8. The molecule has 0 amide bonds. The number of aliphatic hydroxyl groups is 1. The van der Waals surface area contributed by atoms with Gasteiger partial charge in [0.15, 0.2) is 12.2 Å². The molecular weight excluding hydrogens is 1340 g/mol. The molecule has 0 aliphatic carbocycles. The van der Waals surface area contributed by atoms with E-state index in [1.165, 1.54) is 250 Å². The van der Waals surface area contributed by atoms with Crippen LogP contribution in [0.25, 0.3) is 0 Å². The maximum absolute atomic E-state index is 13.1. The van der Waals surface area contributed by atoms with E-state index in [1.54, 1.807) is 0 Å². The molecule has 3 N–H and O–H groups in total.